The molecule has 0 amide bonds. The van der Waals surface area contributed by atoms with Crippen LogP contribution in [0.15, 0.2) is 0 Å². The molecule has 1 saturated heterocycles. The second-order valence-corrected chi connectivity index (χ2v) is 7.35. The van der Waals surface area contributed by atoms with E-state index < -0.39 is 0 Å². The Labute approximate surface area is 79.4 Å². The van der Waals surface area contributed by atoms with Gasteiger partial charge in [-0.1, -0.05) is 0 Å². The van der Waals surface area contributed by atoms with E-state index in [1.54, 1.807) is 34.5 Å². The molecule has 64 valence electrons. The Morgan fingerprint density at radius 1 is 0.909 bits per heavy atom. The zero-order valence-electron chi connectivity index (χ0n) is 6.93. The van der Waals surface area contributed by atoms with Crippen LogP contribution in [0.4, 0.5) is 0 Å². The molecule has 4 atom stereocenters. The number of hydrogen-bond donors (Lipinski definition) is 0. The number of hydrogen-bond acceptors (Lipinski definition) is 0. The Bertz CT molecular complexity index is 150. The quantitative estimate of drug-likeness (QED) is 0.394. The monoisotopic (exact) mass is 263 g/mol. The normalized spacial score (nSPS) is 55.3. The van der Waals surface area contributed by atoms with Crippen LogP contribution in [-0.2, 0) is 0 Å². The number of alkyl halides is 2. The minimum atomic E-state index is 0.670. The molecule has 2 bridgehead atoms. The second kappa shape index (κ2) is 2.61. The van der Waals surface area contributed by atoms with Gasteiger partial charge in [-0.25, -0.2) is 0 Å². The van der Waals surface area contributed by atoms with Crippen molar-refractivity contribution in [3.05, 3.63) is 0 Å². The summed E-state index contributed by atoms with van der Waals surface area (Å²) in [5, 5.41) is 0. The van der Waals surface area contributed by atoms with Crippen molar-refractivity contribution in [2.75, 3.05) is 8.86 Å². The summed E-state index contributed by atoms with van der Waals surface area (Å²) in [6.07, 6.45) is 6.43. The summed E-state index contributed by atoms with van der Waals surface area (Å²) in [5.74, 6) is 4.91. The van der Waals surface area contributed by atoms with Gasteiger partial charge in [0.25, 0.3) is 0 Å². The van der Waals surface area contributed by atoms with Gasteiger partial charge in [0.05, 0.1) is 0 Å². The number of rotatable bonds is 0. The molecule has 0 aromatic rings. The first-order chi connectivity index (χ1) is 5.45. The van der Waals surface area contributed by atoms with E-state index in [-0.39, 0.29) is 0 Å². The molecule has 0 aromatic heterocycles. The van der Waals surface area contributed by atoms with E-state index in [1.165, 1.54) is 23.7 Å². The topological polar surface area (TPSA) is 0 Å². The Morgan fingerprint density at radius 2 is 1.55 bits per heavy atom. The predicted octanol–water partition coefficient (Wildman–Crippen LogP) is -0.859. The van der Waals surface area contributed by atoms with Crippen molar-refractivity contribution in [3.8, 4) is 0 Å². The zero-order chi connectivity index (χ0) is 7.26. The molecule has 1 heterocycles. The third kappa shape index (κ3) is 0.991. The van der Waals surface area contributed by atoms with Crippen LogP contribution in [0.2, 0.25) is 0 Å². The van der Waals surface area contributed by atoms with Crippen LogP contribution in [0.25, 0.3) is 0 Å². The van der Waals surface area contributed by atoms with Crippen LogP contribution >= 0.6 is 0 Å². The third-order valence-electron chi connectivity index (χ3n) is 4.06. The van der Waals surface area contributed by atoms with Crippen molar-refractivity contribution < 1.29 is 21.2 Å². The molecule has 0 radical (unpaired) electrons. The molecule has 0 aromatic carbocycles. The average Bonchev–Trinajstić information content (AvgIpc) is 2.58. The van der Waals surface area contributed by atoms with Crippen LogP contribution in [0.5, 0.6) is 0 Å². The van der Waals surface area contributed by atoms with Crippen LogP contribution in [0, 0.1) is 23.7 Å². The molecule has 3 fully saturated rings. The summed E-state index contributed by atoms with van der Waals surface area (Å²) in [4.78, 5) is 0. The second-order valence-electron chi connectivity index (χ2n) is 4.51. The fourth-order valence-electron chi connectivity index (χ4n) is 3.62. The van der Waals surface area contributed by atoms with Gasteiger partial charge < -0.3 is 0 Å². The molecule has 4 unspecified atom stereocenters. The molecule has 1 heteroatoms. The summed E-state index contributed by atoms with van der Waals surface area (Å²) in [5.41, 5.74) is 0. The van der Waals surface area contributed by atoms with E-state index in [1.807, 2.05) is 0 Å². The van der Waals surface area contributed by atoms with Gasteiger partial charge in [-0.2, -0.15) is 0 Å². The Kier molecular flexibility index (Phi) is 1.70. The standard InChI is InChI=1S/C10H16I/c1-2-9-7-4-8(6-11-5-7)10(9)3-1/h7-10H,1-6H2/q-1. The van der Waals surface area contributed by atoms with E-state index in [4.69, 9.17) is 0 Å². The summed E-state index contributed by atoms with van der Waals surface area (Å²) in [6.45, 7) is 0. The molecular formula is C10H16I-. The van der Waals surface area contributed by atoms with Crippen molar-refractivity contribution in [1.29, 1.82) is 0 Å². The Hall–Kier alpha value is 0.730. The Balaban J connectivity index is 1.88. The summed E-state index contributed by atoms with van der Waals surface area (Å²) in [6, 6.07) is 0. The zero-order valence-corrected chi connectivity index (χ0v) is 9.09. The van der Waals surface area contributed by atoms with Gasteiger partial charge in [-0.05, 0) is 0 Å². The molecule has 3 aliphatic rings. The fraction of sp³-hybridized carbons (Fsp3) is 1.00. The number of halogens is 1. The van der Waals surface area contributed by atoms with E-state index in [0.717, 1.165) is 0 Å². The van der Waals surface area contributed by atoms with E-state index in [0.29, 0.717) is 21.2 Å². The summed E-state index contributed by atoms with van der Waals surface area (Å²) in [7, 11) is 0. The molecule has 1 aliphatic heterocycles. The molecule has 3 rings (SSSR count). The SMILES string of the molecule is C1CC2C3C[I-]CC(C3)C2C1. The Morgan fingerprint density at radius 3 is 2.18 bits per heavy atom. The molecule has 2 saturated carbocycles. The van der Waals surface area contributed by atoms with Crippen molar-refractivity contribution >= 4 is 0 Å². The van der Waals surface area contributed by atoms with Crippen molar-refractivity contribution in [2.45, 2.75) is 25.7 Å². The first-order valence-electron chi connectivity index (χ1n) is 4.98. The molecule has 11 heavy (non-hydrogen) atoms. The summed E-state index contributed by atoms with van der Waals surface area (Å²) >= 11 is 0.670. The van der Waals surface area contributed by atoms with Crippen molar-refractivity contribution in [1.82, 2.24) is 0 Å². The molecule has 0 spiro atoms. The van der Waals surface area contributed by atoms with Crippen molar-refractivity contribution in [3.63, 3.8) is 0 Å². The van der Waals surface area contributed by atoms with Crippen LogP contribution in [-0.4, -0.2) is 8.86 Å². The first-order valence-corrected chi connectivity index (χ1v) is 8.04. The van der Waals surface area contributed by atoms with Crippen LogP contribution in [0.1, 0.15) is 25.7 Å². The molecule has 0 N–H and O–H groups in total. The first kappa shape index (κ1) is 7.16. The van der Waals surface area contributed by atoms with Crippen LogP contribution in [0.3, 0.4) is 0 Å². The van der Waals surface area contributed by atoms with Gasteiger partial charge in [0.15, 0.2) is 0 Å². The molecular weight excluding hydrogens is 247 g/mol. The van der Waals surface area contributed by atoms with Gasteiger partial charge in [0.1, 0.15) is 0 Å². The van der Waals surface area contributed by atoms with Crippen molar-refractivity contribution in [2.24, 2.45) is 23.7 Å². The average molecular weight is 263 g/mol. The summed E-state index contributed by atoms with van der Waals surface area (Å²) < 4.78 is 3.38. The minimum absolute atomic E-state index is 0.670. The van der Waals surface area contributed by atoms with Gasteiger partial charge >= 0.3 is 79.4 Å². The maximum atomic E-state index is 1.69. The van der Waals surface area contributed by atoms with E-state index >= 15 is 0 Å². The third-order valence-corrected chi connectivity index (χ3v) is 7.56. The van der Waals surface area contributed by atoms with Gasteiger partial charge in [-0.15, -0.1) is 0 Å². The molecule has 2 aliphatic carbocycles. The fourth-order valence-corrected chi connectivity index (χ4v) is 7.61. The predicted molar refractivity (Wildman–Crippen MR) is 42.2 cm³/mol. The van der Waals surface area contributed by atoms with Gasteiger partial charge in [0, 0.05) is 0 Å². The van der Waals surface area contributed by atoms with Gasteiger partial charge in [-0.3, -0.25) is 0 Å². The van der Waals surface area contributed by atoms with Crippen LogP contribution < -0.4 is 21.2 Å². The number of fused-ring (bicyclic) bond motifs is 5. The van der Waals surface area contributed by atoms with E-state index in [2.05, 4.69) is 0 Å². The van der Waals surface area contributed by atoms with E-state index in [9.17, 15) is 0 Å². The molecule has 0 nitrogen and oxygen atoms in total. The van der Waals surface area contributed by atoms with Gasteiger partial charge in [0.2, 0.25) is 0 Å². The maximum absolute atomic E-state index is 1.69.